The van der Waals surface area contributed by atoms with E-state index in [-0.39, 0.29) is 0 Å². The molecule has 0 bridgehead atoms. The Bertz CT molecular complexity index is 400. The number of hydrogen-bond acceptors (Lipinski definition) is 4. The summed E-state index contributed by atoms with van der Waals surface area (Å²) in [5, 5.41) is 3.70. The van der Waals surface area contributed by atoms with Gasteiger partial charge >= 0.3 is 11.1 Å². The highest BCUT2D eigenvalue weighted by molar-refractivity contribution is 9.09. The van der Waals surface area contributed by atoms with E-state index in [0.29, 0.717) is 5.16 Å². The molecule has 0 fully saturated rings. The van der Waals surface area contributed by atoms with Crippen molar-refractivity contribution in [2.45, 2.75) is 5.16 Å². The molecule has 13 heavy (non-hydrogen) atoms. The summed E-state index contributed by atoms with van der Waals surface area (Å²) in [4.78, 5) is 25.3. The van der Waals surface area contributed by atoms with Crippen LogP contribution in [0.5, 0.6) is 0 Å². The molecule has 0 spiro atoms. The minimum Gasteiger partial charge on any atom is -0.265 e. The van der Waals surface area contributed by atoms with Crippen molar-refractivity contribution >= 4 is 27.7 Å². The van der Waals surface area contributed by atoms with Crippen LogP contribution in [0.2, 0.25) is 0 Å². The average Bonchev–Trinajstić information content (AvgIpc) is 2.09. The lowest BCUT2D eigenvalue weighted by molar-refractivity contribution is 0.596. The zero-order valence-corrected chi connectivity index (χ0v) is 9.31. The molecule has 0 radical (unpaired) electrons. The van der Waals surface area contributed by atoms with Gasteiger partial charge in [-0.2, -0.15) is 4.98 Å². The number of nitrogens with zero attached hydrogens (tertiary/aromatic N) is 2. The van der Waals surface area contributed by atoms with Crippen LogP contribution in [0.1, 0.15) is 0 Å². The summed E-state index contributed by atoms with van der Waals surface area (Å²) in [5.74, 6) is 0.798. The van der Waals surface area contributed by atoms with Crippen LogP contribution in [0.15, 0.2) is 14.7 Å². The molecule has 72 valence electrons. The van der Waals surface area contributed by atoms with Gasteiger partial charge in [-0.05, 0) is 0 Å². The second-order valence-corrected chi connectivity index (χ2v) is 4.09. The number of aromatic nitrogens is 3. The van der Waals surface area contributed by atoms with Crippen molar-refractivity contribution in [1.82, 2.24) is 14.8 Å². The van der Waals surface area contributed by atoms with Crippen molar-refractivity contribution in [3.05, 3.63) is 20.7 Å². The van der Waals surface area contributed by atoms with Crippen molar-refractivity contribution in [2.24, 2.45) is 7.05 Å². The van der Waals surface area contributed by atoms with Gasteiger partial charge in [0.1, 0.15) is 0 Å². The van der Waals surface area contributed by atoms with Crippen LogP contribution in [0, 0.1) is 0 Å². The van der Waals surface area contributed by atoms with E-state index in [9.17, 15) is 9.59 Å². The molecule has 0 saturated carbocycles. The highest BCUT2D eigenvalue weighted by atomic mass is 79.9. The third kappa shape index (κ3) is 2.70. The topological polar surface area (TPSA) is 67.8 Å². The molecule has 0 amide bonds. The Kier molecular flexibility index (Phi) is 3.73. The monoisotopic (exact) mass is 265 g/mol. The van der Waals surface area contributed by atoms with Gasteiger partial charge in [-0.1, -0.05) is 27.7 Å². The molecule has 0 aromatic carbocycles. The first-order valence-corrected chi connectivity index (χ1v) is 5.62. The van der Waals surface area contributed by atoms with Crippen LogP contribution in [-0.2, 0) is 7.05 Å². The van der Waals surface area contributed by atoms with E-state index < -0.39 is 11.1 Å². The second-order valence-electron chi connectivity index (χ2n) is 2.24. The molecule has 0 atom stereocenters. The lowest BCUT2D eigenvalue weighted by Crippen LogP contribution is -2.33. The molecule has 1 N–H and O–H groups in total. The van der Waals surface area contributed by atoms with Crippen LogP contribution >= 0.6 is 27.7 Å². The molecule has 1 aromatic heterocycles. The Labute approximate surface area is 86.7 Å². The van der Waals surface area contributed by atoms with Gasteiger partial charge in [0.25, 0.3) is 0 Å². The first-order chi connectivity index (χ1) is 6.15. The molecule has 1 rings (SSSR count). The van der Waals surface area contributed by atoms with Crippen molar-refractivity contribution in [3.63, 3.8) is 0 Å². The number of H-pyrrole nitrogens is 1. The maximum Gasteiger partial charge on any atom is 0.339 e. The lowest BCUT2D eigenvalue weighted by atomic mass is 10.8. The van der Waals surface area contributed by atoms with Crippen molar-refractivity contribution < 1.29 is 0 Å². The van der Waals surface area contributed by atoms with Gasteiger partial charge in [-0.3, -0.25) is 19.4 Å². The van der Waals surface area contributed by atoms with Crippen LogP contribution in [0.3, 0.4) is 0 Å². The van der Waals surface area contributed by atoms with E-state index in [1.165, 1.54) is 16.4 Å². The molecule has 0 aliphatic heterocycles. The zero-order valence-electron chi connectivity index (χ0n) is 6.91. The number of rotatable bonds is 3. The van der Waals surface area contributed by atoms with Gasteiger partial charge in [-0.15, -0.1) is 0 Å². The van der Waals surface area contributed by atoms with Crippen LogP contribution in [-0.4, -0.2) is 25.8 Å². The summed E-state index contributed by atoms with van der Waals surface area (Å²) < 4.78 is 1.44. The van der Waals surface area contributed by atoms with Gasteiger partial charge in [0, 0.05) is 18.1 Å². The quantitative estimate of drug-likeness (QED) is 0.473. The van der Waals surface area contributed by atoms with Gasteiger partial charge < -0.3 is 0 Å². The number of thioether (sulfide) groups is 1. The third-order valence-electron chi connectivity index (χ3n) is 1.26. The minimum atomic E-state index is -0.741. The number of halogens is 1. The Morgan fingerprint density at radius 2 is 2.31 bits per heavy atom. The predicted molar refractivity (Wildman–Crippen MR) is 54.6 cm³/mol. The van der Waals surface area contributed by atoms with Crippen LogP contribution in [0.4, 0.5) is 0 Å². The van der Waals surface area contributed by atoms with E-state index >= 15 is 0 Å². The van der Waals surface area contributed by atoms with Gasteiger partial charge in [0.2, 0.25) is 0 Å². The first-order valence-electron chi connectivity index (χ1n) is 3.51. The summed E-state index contributed by atoms with van der Waals surface area (Å²) >= 11 is 4.66. The van der Waals surface area contributed by atoms with Gasteiger partial charge in [0.15, 0.2) is 5.16 Å². The summed E-state index contributed by atoms with van der Waals surface area (Å²) in [5.41, 5.74) is -1.43. The third-order valence-corrected chi connectivity index (χ3v) is 3.21. The fraction of sp³-hybridized carbons (Fsp3) is 0.500. The molecule has 1 heterocycles. The second kappa shape index (κ2) is 4.61. The van der Waals surface area contributed by atoms with E-state index in [0.717, 1.165) is 11.1 Å². The SMILES string of the molecule is Cn1[nH]c(=O)c(=O)nc1SCCBr. The summed E-state index contributed by atoms with van der Waals surface area (Å²) in [6, 6.07) is 0. The molecule has 0 unspecified atom stereocenters. The van der Waals surface area contributed by atoms with Gasteiger partial charge in [-0.25, -0.2) is 0 Å². The van der Waals surface area contributed by atoms with E-state index in [4.69, 9.17) is 0 Å². The Balaban J connectivity index is 3.02. The smallest absolute Gasteiger partial charge is 0.265 e. The van der Waals surface area contributed by atoms with Crippen LogP contribution in [0.25, 0.3) is 0 Å². The highest BCUT2D eigenvalue weighted by Crippen LogP contribution is 2.10. The summed E-state index contributed by atoms with van der Waals surface area (Å²) in [6.07, 6.45) is 0. The van der Waals surface area contributed by atoms with Crippen LogP contribution < -0.4 is 11.1 Å². The molecule has 0 aliphatic carbocycles. The maximum absolute atomic E-state index is 10.9. The number of alkyl halides is 1. The van der Waals surface area contributed by atoms with Crippen molar-refractivity contribution in [3.8, 4) is 0 Å². The fourth-order valence-corrected chi connectivity index (χ4v) is 1.85. The highest BCUT2D eigenvalue weighted by Gasteiger charge is 2.02. The zero-order chi connectivity index (χ0) is 9.84. The minimum absolute atomic E-state index is 0.518. The van der Waals surface area contributed by atoms with Gasteiger partial charge in [0.05, 0.1) is 0 Å². The van der Waals surface area contributed by atoms with E-state index in [2.05, 4.69) is 26.0 Å². The molecule has 0 saturated heterocycles. The standard InChI is InChI=1S/C6H8BrN3O2S/c1-10-6(13-3-2-7)8-4(11)5(12)9-10/h2-3H2,1H3,(H,9,12). The summed E-state index contributed by atoms with van der Waals surface area (Å²) in [6.45, 7) is 0. The molecule has 5 nitrogen and oxygen atoms in total. The lowest BCUT2D eigenvalue weighted by Gasteiger charge is -2.03. The maximum atomic E-state index is 10.9. The Morgan fingerprint density at radius 3 is 2.92 bits per heavy atom. The van der Waals surface area contributed by atoms with Crippen molar-refractivity contribution in [2.75, 3.05) is 11.1 Å². The normalized spacial score (nSPS) is 10.3. The molecule has 7 heteroatoms. The largest absolute Gasteiger partial charge is 0.339 e. The average molecular weight is 266 g/mol. The van der Waals surface area contributed by atoms with E-state index in [1.54, 1.807) is 7.05 Å². The van der Waals surface area contributed by atoms with Crippen molar-refractivity contribution in [1.29, 1.82) is 0 Å². The molecule has 0 aliphatic rings. The molecule has 1 aromatic rings. The number of aromatic amines is 1. The predicted octanol–water partition coefficient (Wildman–Crippen LogP) is -0.0444. The molecular formula is C6H8BrN3O2S. The summed E-state index contributed by atoms with van der Waals surface area (Å²) in [7, 11) is 1.64. The fourth-order valence-electron chi connectivity index (χ4n) is 0.720. The molecular weight excluding hydrogens is 258 g/mol. The Hall–Kier alpha value is -0.560. The number of aryl methyl sites for hydroxylation is 1. The number of nitrogens with one attached hydrogen (secondary N) is 1. The van der Waals surface area contributed by atoms with E-state index in [1.807, 2.05) is 0 Å². The number of hydrogen-bond donors (Lipinski definition) is 1. The Morgan fingerprint density at radius 1 is 1.62 bits per heavy atom. The first kappa shape index (κ1) is 10.5.